The van der Waals surface area contributed by atoms with Crippen molar-refractivity contribution in [1.29, 1.82) is 0 Å². The van der Waals surface area contributed by atoms with Gasteiger partial charge in [0.25, 0.3) is 0 Å². The first kappa shape index (κ1) is 57.6. The second-order valence-corrected chi connectivity index (χ2v) is 18.4. The van der Waals surface area contributed by atoms with E-state index in [2.05, 4.69) is 50.3 Å². The van der Waals surface area contributed by atoms with Gasteiger partial charge in [0, 0.05) is 13.0 Å². The molecule has 0 aliphatic heterocycles. The van der Waals surface area contributed by atoms with Gasteiger partial charge < -0.3 is 39.9 Å². The molecule has 0 aromatic rings. The maximum atomic E-state index is 12.8. The Bertz CT molecular complexity index is 1150. The highest BCUT2D eigenvalue weighted by Gasteiger charge is 2.51. The van der Waals surface area contributed by atoms with Gasteiger partial charge in [0.15, 0.2) is 0 Å². The summed E-state index contributed by atoms with van der Waals surface area (Å²) in [4.78, 5) is 23.2. The SMILES string of the molecule is CCCCC/C=C\C/C=C\CCCCCCCCCCOCC(COP(=O)(O)OC1C(O)C(O)C(O)C(O)C1O)OC(=O)CCCCCCC/C=C\CCCCCCCCC. The van der Waals surface area contributed by atoms with Crippen LogP contribution >= 0.6 is 7.82 Å². The van der Waals surface area contributed by atoms with Crippen LogP contribution in [0.2, 0.25) is 0 Å². The molecule has 12 nitrogen and oxygen atoms in total. The fraction of sp³-hybridized carbons (Fsp3) is 0.854. The normalized spacial score (nSPS) is 22.4. The standard InChI is InChI=1S/C48H89O12P/c1-3-5-7-9-11-13-15-17-19-21-22-24-26-28-30-32-34-36-38-57-39-41(40-58-61(55,56)60-48-46(53)44(51)43(50)45(52)47(48)54)59-42(49)37-35-33-31-29-27-25-23-20-18-16-14-12-10-8-6-4-2/h11,13,17,19-20,23,41,43-48,50-54H,3-10,12,14-16,18,21-22,24-40H2,1-2H3,(H,55,56)/b13-11-,19-17-,23-20-. The van der Waals surface area contributed by atoms with Gasteiger partial charge in [0.1, 0.15) is 42.7 Å². The average Bonchev–Trinajstić information content (AvgIpc) is 3.24. The fourth-order valence-electron chi connectivity index (χ4n) is 7.32. The van der Waals surface area contributed by atoms with Crippen LogP contribution in [0.3, 0.4) is 0 Å². The van der Waals surface area contributed by atoms with Gasteiger partial charge in [-0.3, -0.25) is 13.8 Å². The predicted molar refractivity (Wildman–Crippen MR) is 244 cm³/mol. The maximum absolute atomic E-state index is 12.8. The molecule has 0 bridgehead atoms. The number of unbranched alkanes of at least 4 members (excludes halogenated alkanes) is 23. The third-order valence-corrected chi connectivity index (χ3v) is 12.2. The lowest BCUT2D eigenvalue weighted by Crippen LogP contribution is -2.64. The number of ether oxygens (including phenoxy) is 2. The van der Waals surface area contributed by atoms with Crippen molar-refractivity contribution >= 4 is 13.8 Å². The van der Waals surface area contributed by atoms with E-state index in [0.29, 0.717) is 13.0 Å². The van der Waals surface area contributed by atoms with Gasteiger partial charge >= 0.3 is 13.8 Å². The molecule has 6 unspecified atom stereocenters. The lowest BCUT2D eigenvalue weighted by atomic mass is 9.85. The molecule has 0 heterocycles. The average molecular weight is 889 g/mol. The van der Waals surface area contributed by atoms with E-state index in [1.54, 1.807) is 0 Å². The number of rotatable bonds is 41. The summed E-state index contributed by atoms with van der Waals surface area (Å²) >= 11 is 0. The Morgan fingerprint density at radius 2 is 0.918 bits per heavy atom. The molecule has 358 valence electrons. The van der Waals surface area contributed by atoms with Crippen LogP contribution in [-0.2, 0) is 27.9 Å². The number of esters is 1. The highest BCUT2D eigenvalue weighted by atomic mass is 31.2. The third kappa shape index (κ3) is 31.1. The zero-order chi connectivity index (χ0) is 44.8. The Morgan fingerprint density at radius 1 is 0.525 bits per heavy atom. The highest BCUT2D eigenvalue weighted by molar-refractivity contribution is 7.47. The van der Waals surface area contributed by atoms with Gasteiger partial charge in [0.2, 0.25) is 0 Å². The summed E-state index contributed by atoms with van der Waals surface area (Å²) in [6, 6.07) is 0. The molecule has 0 radical (unpaired) electrons. The summed E-state index contributed by atoms with van der Waals surface area (Å²) in [6.45, 7) is 4.22. The van der Waals surface area contributed by atoms with Crippen LogP contribution in [0.25, 0.3) is 0 Å². The summed E-state index contributed by atoms with van der Waals surface area (Å²) in [5, 5.41) is 50.2. The molecule has 1 fully saturated rings. The van der Waals surface area contributed by atoms with Crippen LogP contribution in [0, 0.1) is 0 Å². The molecule has 6 N–H and O–H groups in total. The van der Waals surface area contributed by atoms with E-state index in [1.165, 1.54) is 96.3 Å². The van der Waals surface area contributed by atoms with E-state index in [1.807, 2.05) is 0 Å². The Labute approximate surface area is 370 Å². The molecule has 61 heavy (non-hydrogen) atoms. The number of carbonyl (C=O) groups excluding carboxylic acids is 1. The Balaban J connectivity index is 2.38. The van der Waals surface area contributed by atoms with Crippen LogP contribution in [0.15, 0.2) is 36.5 Å². The summed E-state index contributed by atoms with van der Waals surface area (Å²) < 4.78 is 34.2. The van der Waals surface area contributed by atoms with Gasteiger partial charge in [-0.15, -0.1) is 0 Å². The predicted octanol–water partition coefficient (Wildman–Crippen LogP) is 10.3. The van der Waals surface area contributed by atoms with Crippen LogP contribution in [-0.4, -0.2) is 98.9 Å². The van der Waals surface area contributed by atoms with Crippen molar-refractivity contribution in [2.75, 3.05) is 19.8 Å². The molecular formula is C48H89O12P. The van der Waals surface area contributed by atoms with Gasteiger partial charge in [-0.1, -0.05) is 159 Å². The van der Waals surface area contributed by atoms with E-state index in [9.17, 15) is 39.8 Å². The van der Waals surface area contributed by atoms with E-state index in [4.69, 9.17) is 18.5 Å². The number of hydrogen-bond donors (Lipinski definition) is 6. The lowest BCUT2D eigenvalue weighted by molar-refractivity contribution is -0.220. The van der Waals surface area contributed by atoms with Crippen molar-refractivity contribution in [3.63, 3.8) is 0 Å². The third-order valence-electron chi connectivity index (χ3n) is 11.2. The summed E-state index contributed by atoms with van der Waals surface area (Å²) in [7, 11) is -5.02. The van der Waals surface area contributed by atoms with Crippen LogP contribution < -0.4 is 0 Å². The molecule has 0 saturated heterocycles. The zero-order valence-corrected chi connectivity index (χ0v) is 39.1. The molecule has 0 aromatic carbocycles. The molecule has 6 atom stereocenters. The van der Waals surface area contributed by atoms with Crippen LogP contribution in [0.4, 0.5) is 0 Å². The lowest BCUT2D eigenvalue weighted by Gasteiger charge is -2.41. The van der Waals surface area contributed by atoms with Gasteiger partial charge in [-0.05, 0) is 70.6 Å². The molecule has 1 saturated carbocycles. The highest BCUT2D eigenvalue weighted by Crippen LogP contribution is 2.47. The number of aliphatic hydroxyl groups is 5. The monoisotopic (exact) mass is 889 g/mol. The first-order valence-corrected chi connectivity index (χ1v) is 25.8. The van der Waals surface area contributed by atoms with Gasteiger partial charge in [-0.2, -0.15) is 0 Å². The van der Waals surface area contributed by atoms with E-state index < -0.39 is 63.1 Å². The van der Waals surface area contributed by atoms with Crippen molar-refractivity contribution in [1.82, 2.24) is 0 Å². The molecular weight excluding hydrogens is 799 g/mol. The number of hydrogen-bond acceptors (Lipinski definition) is 11. The summed E-state index contributed by atoms with van der Waals surface area (Å²) in [5.74, 6) is -0.487. The van der Waals surface area contributed by atoms with Crippen LogP contribution in [0.5, 0.6) is 0 Å². The molecule has 1 aliphatic rings. The topological polar surface area (TPSA) is 192 Å². The van der Waals surface area contributed by atoms with Crippen molar-refractivity contribution in [2.24, 2.45) is 0 Å². The number of allylic oxidation sites excluding steroid dienone is 6. The number of phosphoric acid groups is 1. The minimum Gasteiger partial charge on any atom is -0.457 e. The summed E-state index contributed by atoms with van der Waals surface area (Å²) in [6.07, 6.45) is 33.5. The Morgan fingerprint density at radius 3 is 1.43 bits per heavy atom. The Hall–Kier alpha value is -1.44. The first-order valence-electron chi connectivity index (χ1n) is 24.3. The van der Waals surface area contributed by atoms with Crippen molar-refractivity contribution < 1.29 is 58.3 Å². The Kier molecular flexibility index (Phi) is 36.8. The smallest absolute Gasteiger partial charge is 0.457 e. The van der Waals surface area contributed by atoms with E-state index in [-0.39, 0.29) is 13.0 Å². The summed E-state index contributed by atoms with van der Waals surface area (Å²) in [5.41, 5.74) is 0. The molecule has 0 aromatic heterocycles. The first-order chi connectivity index (χ1) is 29.5. The van der Waals surface area contributed by atoms with Gasteiger partial charge in [-0.25, -0.2) is 4.57 Å². The van der Waals surface area contributed by atoms with Crippen LogP contribution in [0.1, 0.15) is 200 Å². The molecule has 1 aliphatic carbocycles. The molecule has 1 rings (SSSR count). The largest absolute Gasteiger partial charge is 0.472 e. The van der Waals surface area contributed by atoms with E-state index >= 15 is 0 Å². The maximum Gasteiger partial charge on any atom is 0.472 e. The second-order valence-electron chi connectivity index (χ2n) is 17.0. The van der Waals surface area contributed by atoms with Gasteiger partial charge in [0.05, 0.1) is 13.2 Å². The van der Waals surface area contributed by atoms with Crippen molar-refractivity contribution in [3.8, 4) is 0 Å². The second kappa shape index (κ2) is 39.0. The van der Waals surface area contributed by atoms with Crippen molar-refractivity contribution in [3.05, 3.63) is 36.5 Å². The number of carbonyl (C=O) groups is 1. The molecule has 0 amide bonds. The van der Waals surface area contributed by atoms with E-state index in [0.717, 1.165) is 77.0 Å². The number of phosphoric ester groups is 1. The zero-order valence-electron chi connectivity index (χ0n) is 38.2. The number of aliphatic hydroxyl groups excluding tert-OH is 5. The quantitative estimate of drug-likeness (QED) is 0.0148. The van der Waals surface area contributed by atoms with Crippen molar-refractivity contribution in [2.45, 2.75) is 243 Å². The molecule has 13 heteroatoms. The minimum absolute atomic E-state index is 0.0831. The molecule has 0 spiro atoms. The fourth-order valence-corrected chi connectivity index (χ4v) is 8.29. The minimum atomic E-state index is -5.02.